The molecule has 0 aliphatic carbocycles. The van der Waals surface area contributed by atoms with Gasteiger partial charge in [-0.1, -0.05) is 24.3 Å². The number of aromatic nitrogens is 3. The Kier molecular flexibility index (Phi) is 4.38. The minimum absolute atomic E-state index is 0.393. The first kappa shape index (κ1) is 16.1. The third kappa shape index (κ3) is 2.99. The third-order valence-corrected chi connectivity index (χ3v) is 4.87. The maximum Gasteiger partial charge on any atom is 0.258 e. The van der Waals surface area contributed by atoms with Crippen LogP contribution in [0.15, 0.2) is 42.9 Å². The number of nitrogens with zero attached hydrogens (tertiary/aromatic N) is 4. The predicted octanol–water partition coefficient (Wildman–Crippen LogP) is 2.80. The lowest BCUT2D eigenvalue weighted by molar-refractivity contribution is 0.0198. The Morgan fingerprint density at radius 3 is 2.60 bits per heavy atom. The Morgan fingerprint density at radius 1 is 1.12 bits per heavy atom. The number of morpholine rings is 1. The van der Waals surface area contributed by atoms with E-state index in [9.17, 15) is 0 Å². The number of fused-ring (bicyclic) bond motifs is 1. The molecule has 0 N–H and O–H groups in total. The van der Waals surface area contributed by atoms with Crippen molar-refractivity contribution in [3.63, 3.8) is 0 Å². The molecule has 6 heteroatoms. The van der Waals surface area contributed by atoms with Crippen LogP contribution in [0.4, 0.5) is 0 Å². The summed E-state index contributed by atoms with van der Waals surface area (Å²) in [6.07, 6.45) is 5.50. The fourth-order valence-corrected chi connectivity index (χ4v) is 3.36. The van der Waals surface area contributed by atoms with Crippen molar-refractivity contribution >= 4 is 5.65 Å². The molecule has 3 aromatic rings. The van der Waals surface area contributed by atoms with Crippen molar-refractivity contribution in [3.05, 3.63) is 48.4 Å². The highest BCUT2D eigenvalue weighted by Gasteiger charge is 2.18. The molecule has 1 unspecified atom stereocenters. The number of rotatable bonds is 4. The Balaban J connectivity index is 1.62. The summed E-state index contributed by atoms with van der Waals surface area (Å²) in [5, 5.41) is 0. The molecule has 1 aliphatic heterocycles. The molecule has 6 nitrogen and oxygen atoms in total. The summed E-state index contributed by atoms with van der Waals surface area (Å²) in [5.74, 6) is 0.534. The van der Waals surface area contributed by atoms with Crippen molar-refractivity contribution in [2.75, 3.05) is 33.4 Å². The second-order valence-corrected chi connectivity index (χ2v) is 6.22. The first-order chi connectivity index (χ1) is 12.3. The molecule has 130 valence electrons. The van der Waals surface area contributed by atoms with Crippen LogP contribution in [-0.4, -0.2) is 52.7 Å². The van der Waals surface area contributed by atoms with E-state index in [1.165, 1.54) is 5.56 Å². The van der Waals surface area contributed by atoms with Crippen molar-refractivity contribution in [2.24, 2.45) is 0 Å². The molecular formula is C19H22N4O2. The number of ether oxygens (including phenoxy) is 2. The van der Waals surface area contributed by atoms with E-state index in [2.05, 4.69) is 46.1 Å². The van der Waals surface area contributed by atoms with Crippen molar-refractivity contribution in [1.29, 1.82) is 0 Å². The zero-order valence-electron chi connectivity index (χ0n) is 14.6. The van der Waals surface area contributed by atoms with E-state index in [1.54, 1.807) is 13.3 Å². The molecule has 0 spiro atoms. The molecule has 0 amide bonds. The van der Waals surface area contributed by atoms with Crippen LogP contribution in [0.2, 0.25) is 0 Å². The van der Waals surface area contributed by atoms with Gasteiger partial charge in [-0.3, -0.25) is 9.30 Å². The van der Waals surface area contributed by atoms with Crippen LogP contribution in [0.1, 0.15) is 18.5 Å². The highest BCUT2D eigenvalue weighted by Crippen LogP contribution is 2.27. The molecule has 2 aromatic heterocycles. The third-order valence-electron chi connectivity index (χ3n) is 4.87. The number of imidazole rings is 1. The first-order valence-electron chi connectivity index (χ1n) is 8.56. The highest BCUT2D eigenvalue weighted by atomic mass is 16.5. The Labute approximate surface area is 147 Å². The smallest absolute Gasteiger partial charge is 0.258 e. The van der Waals surface area contributed by atoms with Gasteiger partial charge in [0.2, 0.25) is 5.65 Å². The summed E-state index contributed by atoms with van der Waals surface area (Å²) in [7, 11) is 1.61. The van der Waals surface area contributed by atoms with E-state index in [0.717, 1.165) is 43.2 Å². The van der Waals surface area contributed by atoms with Crippen LogP contribution in [0, 0.1) is 0 Å². The topological polar surface area (TPSA) is 51.9 Å². The highest BCUT2D eigenvalue weighted by molar-refractivity contribution is 5.66. The van der Waals surface area contributed by atoms with Crippen LogP contribution in [0.25, 0.3) is 16.9 Å². The van der Waals surface area contributed by atoms with Gasteiger partial charge in [0.15, 0.2) is 0 Å². The molecule has 0 radical (unpaired) electrons. The average Bonchev–Trinajstić information content (AvgIpc) is 3.12. The molecular weight excluding hydrogens is 316 g/mol. The van der Waals surface area contributed by atoms with Crippen LogP contribution >= 0.6 is 0 Å². The van der Waals surface area contributed by atoms with E-state index in [0.29, 0.717) is 11.9 Å². The fourth-order valence-electron chi connectivity index (χ4n) is 3.36. The number of hydrogen-bond donors (Lipinski definition) is 0. The standard InChI is InChI=1S/C19H22N4O2/c1-14(22-9-11-25-12-10-22)15-3-5-16(6-4-15)17-13-21-18-19(24-2)20-7-8-23(17)18/h3-8,13-14H,9-12H2,1-2H3. The summed E-state index contributed by atoms with van der Waals surface area (Å²) >= 11 is 0. The molecule has 1 aromatic carbocycles. The molecule has 3 heterocycles. The first-order valence-corrected chi connectivity index (χ1v) is 8.56. The van der Waals surface area contributed by atoms with Crippen molar-refractivity contribution in [2.45, 2.75) is 13.0 Å². The van der Waals surface area contributed by atoms with Crippen LogP contribution in [0.3, 0.4) is 0 Å². The van der Waals surface area contributed by atoms with Gasteiger partial charge in [-0.15, -0.1) is 0 Å². The van der Waals surface area contributed by atoms with Gasteiger partial charge in [0, 0.05) is 37.1 Å². The van der Waals surface area contributed by atoms with Gasteiger partial charge in [-0.2, -0.15) is 0 Å². The largest absolute Gasteiger partial charge is 0.478 e. The van der Waals surface area contributed by atoms with Gasteiger partial charge in [0.05, 0.1) is 32.2 Å². The molecule has 4 rings (SSSR count). The minimum atomic E-state index is 0.393. The summed E-state index contributed by atoms with van der Waals surface area (Å²) in [6, 6.07) is 9.11. The monoisotopic (exact) mass is 338 g/mol. The lowest BCUT2D eigenvalue weighted by Crippen LogP contribution is -2.37. The van der Waals surface area contributed by atoms with Gasteiger partial charge in [-0.05, 0) is 12.5 Å². The molecule has 1 aliphatic rings. The van der Waals surface area contributed by atoms with Crippen LogP contribution in [0.5, 0.6) is 5.88 Å². The molecule has 25 heavy (non-hydrogen) atoms. The predicted molar refractivity (Wildman–Crippen MR) is 95.8 cm³/mol. The zero-order valence-corrected chi connectivity index (χ0v) is 14.6. The summed E-state index contributed by atoms with van der Waals surface area (Å²) < 4.78 is 12.7. The lowest BCUT2D eigenvalue weighted by atomic mass is 10.0. The van der Waals surface area contributed by atoms with Gasteiger partial charge in [0.1, 0.15) is 0 Å². The second kappa shape index (κ2) is 6.82. The quantitative estimate of drug-likeness (QED) is 0.732. The Hall–Kier alpha value is -2.44. The number of methoxy groups -OCH3 is 1. The van der Waals surface area contributed by atoms with Gasteiger partial charge in [-0.25, -0.2) is 9.97 Å². The van der Waals surface area contributed by atoms with Crippen LogP contribution < -0.4 is 4.74 Å². The maximum atomic E-state index is 5.45. The van der Waals surface area contributed by atoms with Gasteiger partial charge >= 0.3 is 0 Å². The summed E-state index contributed by atoms with van der Waals surface area (Å²) in [5.41, 5.74) is 4.20. The number of hydrogen-bond acceptors (Lipinski definition) is 5. The fraction of sp³-hybridized carbons (Fsp3) is 0.368. The Bertz CT molecular complexity index is 853. The van der Waals surface area contributed by atoms with Crippen molar-refractivity contribution in [3.8, 4) is 17.1 Å². The van der Waals surface area contributed by atoms with E-state index < -0.39 is 0 Å². The maximum absolute atomic E-state index is 5.45. The Morgan fingerprint density at radius 2 is 1.88 bits per heavy atom. The zero-order chi connectivity index (χ0) is 17.2. The SMILES string of the molecule is COc1nccn2c(-c3ccc(C(C)N4CCOCC4)cc3)cnc12. The molecule has 0 saturated carbocycles. The normalized spacial score (nSPS) is 16.9. The van der Waals surface area contributed by atoms with E-state index >= 15 is 0 Å². The van der Waals surface area contributed by atoms with E-state index in [-0.39, 0.29) is 0 Å². The average molecular weight is 338 g/mol. The van der Waals surface area contributed by atoms with Crippen molar-refractivity contribution < 1.29 is 9.47 Å². The summed E-state index contributed by atoms with van der Waals surface area (Å²) in [6.45, 7) is 5.87. The molecule has 0 bridgehead atoms. The minimum Gasteiger partial charge on any atom is -0.478 e. The summed E-state index contributed by atoms with van der Waals surface area (Å²) in [4.78, 5) is 11.1. The second-order valence-electron chi connectivity index (χ2n) is 6.22. The van der Waals surface area contributed by atoms with E-state index in [1.807, 2.05) is 16.8 Å². The lowest BCUT2D eigenvalue weighted by Gasteiger charge is -2.32. The van der Waals surface area contributed by atoms with Crippen LogP contribution in [-0.2, 0) is 4.74 Å². The van der Waals surface area contributed by atoms with Gasteiger partial charge < -0.3 is 9.47 Å². The molecule has 1 atom stereocenters. The molecule has 1 saturated heterocycles. The van der Waals surface area contributed by atoms with E-state index in [4.69, 9.17) is 9.47 Å². The molecule has 1 fully saturated rings. The van der Waals surface area contributed by atoms with Gasteiger partial charge in [0.25, 0.3) is 5.88 Å². The van der Waals surface area contributed by atoms with Crippen molar-refractivity contribution in [1.82, 2.24) is 19.3 Å². The number of benzene rings is 1.